The molecule has 0 radical (unpaired) electrons. The first-order valence-electron chi connectivity index (χ1n) is 8.30. The van der Waals surface area contributed by atoms with Gasteiger partial charge in [0, 0.05) is 23.9 Å². The van der Waals surface area contributed by atoms with Gasteiger partial charge < -0.3 is 4.90 Å². The Bertz CT molecular complexity index is 879. The predicted molar refractivity (Wildman–Crippen MR) is 102 cm³/mol. The fourth-order valence-corrected chi connectivity index (χ4v) is 3.21. The molecular weight excluding hydrogens is 292 g/mol. The van der Waals surface area contributed by atoms with Gasteiger partial charge in [0.25, 0.3) is 0 Å². The minimum Gasteiger partial charge on any atom is -0.352 e. The number of rotatable bonds is 2. The molecule has 2 nitrogen and oxygen atoms in total. The normalized spacial score (nSPS) is 16.5. The van der Waals surface area contributed by atoms with E-state index in [1.54, 1.807) is 0 Å². The Kier molecular flexibility index (Phi) is 3.66. The van der Waals surface area contributed by atoms with Crippen molar-refractivity contribution in [1.82, 2.24) is 0 Å². The lowest BCUT2D eigenvalue weighted by Crippen LogP contribution is -2.33. The van der Waals surface area contributed by atoms with Crippen LogP contribution in [0.2, 0.25) is 0 Å². The van der Waals surface area contributed by atoms with Crippen LogP contribution in [0, 0.1) is 0 Å². The standard InChI is InChI=1S/C22H20N2/c1-16-23-22(20-10-6-7-11-21(20)24(16)2)19-14-12-18(13-15-19)17-8-4-3-5-9-17/h3-16H,1-2H3/t16-/m1/s1. The molecule has 1 aliphatic rings. The van der Waals surface area contributed by atoms with E-state index in [-0.39, 0.29) is 6.17 Å². The molecule has 118 valence electrons. The van der Waals surface area contributed by atoms with Crippen LogP contribution >= 0.6 is 0 Å². The van der Waals surface area contributed by atoms with E-state index in [0.29, 0.717) is 0 Å². The maximum absolute atomic E-state index is 4.92. The molecule has 1 heterocycles. The zero-order valence-corrected chi connectivity index (χ0v) is 14.0. The number of hydrogen-bond acceptors (Lipinski definition) is 2. The first-order valence-corrected chi connectivity index (χ1v) is 8.30. The van der Waals surface area contributed by atoms with Crippen molar-refractivity contribution in [1.29, 1.82) is 0 Å². The average molecular weight is 312 g/mol. The highest BCUT2D eigenvalue weighted by Gasteiger charge is 2.22. The molecular formula is C22H20N2. The predicted octanol–water partition coefficient (Wildman–Crippen LogP) is 4.99. The van der Waals surface area contributed by atoms with Crippen LogP contribution in [0.3, 0.4) is 0 Å². The molecule has 0 fully saturated rings. The number of benzene rings is 3. The molecule has 1 aliphatic heterocycles. The lowest BCUT2D eigenvalue weighted by atomic mass is 9.96. The monoisotopic (exact) mass is 312 g/mol. The second-order valence-electron chi connectivity index (χ2n) is 6.18. The Hall–Kier alpha value is -2.87. The van der Waals surface area contributed by atoms with Crippen LogP contribution in [0.15, 0.2) is 83.9 Å². The van der Waals surface area contributed by atoms with Crippen molar-refractivity contribution in [2.45, 2.75) is 13.1 Å². The van der Waals surface area contributed by atoms with Gasteiger partial charge in [-0.2, -0.15) is 0 Å². The van der Waals surface area contributed by atoms with Crippen molar-refractivity contribution in [2.75, 3.05) is 11.9 Å². The van der Waals surface area contributed by atoms with Gasteiger partial charge in [-0.15, -0.1) is 0 Å². The zero-order chi connectivity index (χ0) is 16.5. The van der Waals surface area contributed by atoms with Crippen LogP contribution in [-0.2, 0) is 0 Å². The van der Waals surface area contributed by atoms with Crippen molar-refractivity contribution in [2.24, 2.45) is 4.99 Å². The van der Waals surface area contributed by atoms with Crippen LogP contribution in [0.25, 0.3) is 11.1 Å². The summed E-state index contributed by atoms with van der Waals surface area (Å²) < 4.78 is 0. The lowest BCUT2D eigenvalue weighted by molar-refractivity contribution is 0.714. The summed E-state index contributed by atoms with van der Waals surface area (Å²) >= 11 is 0. The molecule has 0 saturated carbocycles. The molecule has 24 heavy (non-hydrogen) atoms. The highest BCUT2D eigenvalue weighted by atomic mass is 15.2. The third-order valence-electron chi connectivity index (χ3n) is 4.68. The van der Waals surface area contributed by atoms with Gasteiger partial charge in [-0.1, -0.05) is 72.8 Å². The smallest absolute Gasteiger partial charge is 0.118 e. The van der Waals surface area contributed by atoms with E-state index in [2.05, 4.69) is 91.7 Å². The van der Waals surface area contributed by atoms with Gasteiger partial charge in [-0.3, -0.25) is 4.99 Å². The Morgan fingerprint density at radius 2 is 1.29 bits per heavy atom. The van der Waals surface area contributed by atoms with E-state index < -0.39 is 0 Å². The number of para-hydroxylation sites is 1. The lowest BCUT2D eigenvalue weighted by Gasteiger charge is -2.32. The minimum atomic E-state index is 0.142. The van der Waals surface area contributed by atoms with Crippen molar-refractivity contribution < 1.29 is 0 Å². The Labute approximate surface area is 143 Å². The molecule has 0 saturated heterocycles. The third-order valence-corrected chi connectivity index (χ3v) is 4.68. The van der Waals surface area contributed by atoms with Gasteiger partial charge in [0.2, 0.25) is 0 Å². The van der Waals surface area contributed by atoms with E-state index in [4.69, 9.17) is 4.99 Å². The van der Waals surface area contributed by atoms with Crippen molar-refractivity contribution in [3.63, 3.8) is 0 Å². The highest BCUT2D eigenvalue weighted by molar-refractivity contribution is 6.17. The van der Waals surface area contributed by atoms with E-state index >= 15 is 0 Å². The summed E-state index contributed by atoms with van der Waals surface area (Å²) in [5.41, 5.74) is 7.16. The largest absolute Gasteiger partial charge is 0.352 e. The summed E-state index contributed by atoms with van der Waals surface area (Å²) in [4.78, 5) is 7.14. The SMILES string of the molecule is C[C@@H]1N=C(c2ccc(-c3ccccc3)cc2)c2ccccc2N1C. The molecule has 0 spiro atoms. The van der Waals surface area contributed by atoms with Crippen LogP contribution in [0.4, 0.5) is 5.69 Å². The summed E-state index contributed by atoms with van der Waals surface area (Å²) in [6, 6.07) is 27.7. The fraction of sp³-hybridized carbons (Fsp3) is 0.136. The molecule has 0 aromatic heterocycles. The minimum absolute atomic E-state index is 0.142. The van der Waals surface area contributed by atoms with E-state index in [1.807, 2.05) is 6.07 Å². The number of fused-ring (bicyclic) bond motifs is 1. The molecule has 4 rings (SSSR count). The molecule has 0 amide bonds. The first kappa shape index (κ1) is 14.7. The quantitative estimate of drug-likeness (QED) is 0.651. The summed E-state index contributed by atoms with van der Waals surface area (Å²) in [6.45, 7) is 2.13. The molecule has 3 aromatic carbocycles. The molecule has 2 heteroatoms. The number of nitrogens with zero attached hydrogens (tertiary/aromatic N) is 2. The topological polar surface area (TPSA) is 15.6 Å². The van der Waals surface area contributed by atoms with Crippen molar-refractivity contribution in [3.8, 4) is 11.1 Å². The first-order chi connectivity index (χ1) is 11.7. The molecule has 0 unspecified atom stereocenters. The van der Waals surface area contributed by atoms with Crippen LogP contribution in [0.5, 0.6) is 0 Å². The van der Waals surface area contributed by atoms with Gasteiger partial charge in [0.05, 0.1) is 5.71 Å². The second-order valence-corrected chi connectivity index (χ2v) is 6.18. The zero-order valence-electron chi connectivity index (χ0n) is 14.0. The van der Waals surface area contributed by atoms with E-state index in [0.717, 1.165) is 5.71 Å². The maximum Gasteiger partial charge on any atom is 0.118 e. The van der Waals surface area contributed by atoms with Gasteiger partial charge in [-0.05, 0) is 24.1 Å². The van der Waals surface area contributed by atoms with Gasteiger partial charge >= 0.3 is 0 Å². The average Bonchev–Trinajstić information content (AvgIpc) is 2.66. The Morgan fingerprint density at radius 1 is 0.708 bits per heavy atom. The highest BCUT2D eigenvalue weighted by Crippen LogP contribution is 2.30. The number of hydrogen-bond donors (Lipinski definition) is 0. The van der Waals surface area contributed by atoms with Gasteiger partial charge in [0.15, 0.2) is 0 Å². The van der Waals surface area contributed by atoms with Crippen molar-refractivity contribution >= 4 is 11.4 Å². The molecule has 1 atom stereocenters. The van der Waals surface area contributed by atoms with Gasteiger partial charge in [0.1, 0.15) is 6.17 Å². The Balaban J connectivity index is 1.75. The third kappa shape index (κ3) is 2.50. The van der Waals surface area contributed by atoms with Gasteiger partial charge in [-0.25, -0.2) is 0 Å². The molecule has 3 aromatic rings. The molecule has 0 bridgehead atoms. The molecule has 0 aliphatic carbocycles. The molecule has 0 N–H and O–H groups in total. The summed E-state index contributed by atoms with van der Waals surface area (Å²) in [6.07, 6.45) is 0.142. The van der Waals surface area contributed by atoms with Crippen molar-refractivity contribution in [3.05, 3.63) is 90.0 Å². The second kappa shape index (κ2) is 5.97. The van der Waals surface area contributed by atoms with Crippen LogP contribution in [-0.4, -0.2) is 18.9 Å². The number of anilines is 1. The summed E-state index contributed by atoms with van der Waals surface area (Å²) in [5.74, 6) is 0. The van der Waals surface area contributed by atoms with E-state index in [9.17, 15) is 0 Å². The number of aliphatic imine (C=N–C) groups is 1. The Morgan fingerprint density at radius 3 is 2.04 bits per heavy atom. The maximum atomic E-state index is 4.92. The van der Waals surface area contributed by atoms with Crippen LogP contribution in [0.1, 0.15) is 18.1 Å². The fourth-order valence-electron chi connectivity index (χ4n) is 3.21. The van der Waals surface area contributed by atoms with Crippen LogP contribution < -0.4 is 4.90 Å². The van der Waals surface area contributed by atoms with E-state index in [1.165, 1.54) is 27.9 Å². The summed E-state index contributed by atoms with van der Waals surface area (Å²) in [7, 11) is 2.10. The summed E-state index contributed by atoms with van der Waals surface area (Å²) in [5, 5.41) is 0.